The van der Waals surface area contributed by atoms with Gasteiger partial charge in [-0.3, -0.25) is 9.59 Å². The van der Waals surface area contributed by atoms with Gasteiger partial charge in [-0.1, -0.05) is 12.1 Å². The Balaban J connectivity index is 1.36. The summed E-state index contributed by atoms with van der Waals surface area (Å²) < 4.78 is 5.19. The van der Waals surface area contributed by atoms with Crippen molar-refractivity contribution >= 4 is 39.1 Å². The molecule has 0 saturated carbocycles. The monoisotopic (exact) mass is 394 g/mol. The number of amides is 2. The number of piperazine rings is 1. The standard InChI is InChI=1S/C21H22N4O2S/c1-24-8-10-25(11-9-24)20(26)12-15-2-5-18(6-3-15)23-21(27)16-4-7-19-17(13-16)14-22-28-19/h2-7,13-14H,8-12H2,1H3,(H,23,27). The third-order valence-corrected chi connectivity index (χ3v) is 5.82. The molecular formula is C21H22N4O2S. The predicted molar refractivity (Wildman–Crippen MR) is 112 cm³/mol. The number of carbonyl (C=O) groups is 2. The Bertz CT molecular complexity index is 991. The highest BCUT2D eigenvalue weighted by Crippen LogP contribution is 2.20. The summed E-state index contributed by atoms with van der Waals surface area (Å²) in [7, 11) is 2.07. The van der Waals surface area contributed by atoms with Crippen molar-refractivity contribution in [3.8, 4) is 0 Å². The molecule has 0 unspecified atom stereocenters. The lowest BCUT2D eigenvalue weighted by atomic mass is 10.1. The number of likely N-dealkylation sites (N-methyl/N-ethyl adjacent to an activating group) is 1. The van der Waals surface area contributed by atoms with Crippen LogP contribution in [0.1, 0.15) is 15.9 Å². The number of carbonyl (C=O) groups excluding carboxylic acids is 2. The fourth-order valence-corrected chi connectivity index (χ4v) is 3.89. The molecule has 3 aromatic rings. The average Bonchev–Trinajstić information content (AvgIpc) is 3.17. The van der Waals surface area contributed by atoms with Crippen LogP contribution >= 0.6 is 11.5 Å². The van der Waals surface area contributed by atoms with Gasteiger partial charge in [0.05, 0.1) is 11.1 Å². The molecular weight excluding hydrogens is 372 g/mol. The maximum atomic E-state index is 12.5. The van der Waals surface area contributed by atoms with E-state index in [9.17, 15) is 9.59 Å². The molecule has 7 heteroatoms. The van der Waals surface area contributed by atoms with E-state index in [0.29, 0.717) is 17.7 Å². The molecule has 2 amide bonds. The number of nitrogens with one attached hydrogen (secondary N) is 1. The Hall–Kier alpha value is -2.77. The second-order valence-corrected chi connectivity index (χ2v) is 7.92. The third-order valence-electron chi connectivity index (χ3n) is 5.04. The summed E-state index contributed by atoms with van der Waals surface area (Å²) in [5.74, 6) is -0.00285. The number of benzene rings is 2. The molecule has 2 aromatic carbocycles. The maximum Gasteiger partial charge on any atom is 0.255 e. The molecule has 28 heavy (non-hydrogen) atoms. The average molecular weight is 395 g/mol. The second kappa shape index (κ2) is 8.08. The fourth-order valence-electron chi connectivity index (χ4n) is 3.27. The van der Waals surface area contributed by atoms with Crippen LogP contribution in [-0.4, -0.2) is 59.2 Å². The van der Waals surface area contributed by atoms with Gasteiger partial charge >= 0.3 is 0 Å². The first-order chi connectivity index (χ1) is 13.6. The van der Waals surface area contributed by atoms with Crippen LogP contribution in [0.2, 0.25) is 0 Å². The summed E-state index contributed by atoms with van der Waals surface area (Å²) in [5.41, 5.74) is 2.26. The number of hydrogen-bond donors (Lipinski definition) is 1. The van der Waals surface area contributed by atoms with Crippen molar-refractivity contribution in [2.24, 2.45) is 0 Å². The van der Waals surface area contributed by atoms with Gasteiger partial charge in [0.25, 0.3) is 5.91 Å². The molecule has 144 valence electrons. The molecule has 0 bridgehead atoms. The molecule has 0 radical (unpaired) electrons. The van der Waals surface area contributed by atoms with Crippen LogP contribution in [-0.2, 0) is 11.2 Å². The van der Waals surface area contributed by atoms with Crippen molar-refractivity contribution < 1.29 is 9.59 Å². The van der Waals surface area contributed by atoms with E-state index >= 15 is 0 Å². The van der Waals surface area contributed by atoms with E-state index in [1.165, 1.54) is 11.5 Å². The Morgan fingerprint density at radius 3 is 2.57 bits per heavy atom. The first-order valence-electron chi connectivity index (χ1n) is 9.29. The molecule has 1 aromatic heterocycles. The van der Waals surface area contributed by atoms with Crippen molar-refractivity contribution in [2.45, 2.75) is 6.42 Å². The molecule has 0 spiro atoms. The number of nitrogens with zero attached hydrogens (tertiary/aromatic N) is 3. The zero-order valence-electron chi connectivity index (χ0n) is 15.7. The predicted octanol–water partition coefficient (Wildman–Crippen LogP) is 2.87. The Morgan fingerprint density at radius 1 is 1.07 bits per heavy atom. The van der Waals surface area contributed by atoms with Crippen LogP contribution in [0.3, 0.4) is 0 Å². The van der Waals surface area contributed by atoms with E-state index in [1.807, 2.05) is 41.3 Å². The molecule has 1 N–H and O–H groups in total. The van der Waals surface area contributed by atoms with Gasteiger partial charge in [0.15, 0.2) is 0 Å². The van der Waals surface area contributed by atoms with E-state index in [2.05, 4.69) is 21.6 Å². The topological polar surface area (TPSA) is 65.5 Å². The molecule has 2 heterocycles. The zero-order valence-corrected chi connectivity index (χ0v) is 16.5. The molecule has 4 rings (SSSR count). The Morgan fingerprint density at radius 2 is 1.82 bits per heavy atom. The Labute approximate surface area is 167 Å². The lowest BCUT2D eigenvalue weighted by Crippen LogP contribution is -2.47. The van der Waals surface area contributed by atoms with Crippen molar-refractivity contribution in [1.82, 2.24) is 14.2 Å². The molecule has 1 saturated heterocycles. The molecule has 0 aliphatic carbocycles. The van der Waals surface area contributed by atoms with Gasteiger partial charge in [0.1, 0.15) is 0 Å². The summed E-state index contributed by atoms with van der Waals surface area (Å²) in [6, 6.07) is 13.0. The van der Waals surface area contributed by atoms with Crippen molar-refractivity contribution in [3.63, 3.8) is 0 Å². The van der Waals surface area contributed by atoms with Crippen LogP contribution < -0.4 is 5.32 Å². The maximum absolute atomic E-state index is 12.5. The first kappa shape index (κ1) is 18.6. The number of aromatic nitrogens is 1. The van der Waals surface area contributed by atoms with Gasteiger partial charge in [0.2, 0.25) is 5.91 Å². The molecule has 6 nitrogen and oxygen atoms in total. The van der Waals surface area contributed by atoms with Crippen LogP contribution in [0.25, 0.3) is 10.1 Å². The summed E-state index contributed by atoms with van der Waals surface area (Å²) >= 11 is 1.41. The lowest BCUT2D eigenvalue weighted by molar-refractivity contribution is -0.132. The van der Waals surface area contributed by atoms with Crippen molar-refractivity contribution in [1.29, 1.82) is 0 Å². The van der Waals surface area contributed by atoms with E-state index in [-0.39, 0.29) is 11.8 Å². The van der Waals surface area contributed by atoms with Gasteiger partial charge in [0, 0.05) is 49.0 Å². The Kier molecular flexibility index (Phi) is 5.36. The number of anilines is 1. The van der Waals surface area contributed by atoms with Crippen LogP contribution in [0.4, 0.5) is 5.69 Å². The van der Waals surface area contributed by atoms with Gasteiger partial charge in [-0.05, 0) is 54.5 Å². The van der Waals surface area contributed by atoms with Crippen LogP contribution in [0.15, 0.2) is 48.7 Å². The van der Waals surface area contributed by atoms with Crippen LogP contribution in [0, 0.1) is 0 Å². The first-order valence-corrected chi connectivity index (χ1v) is 10.1. The van der Waals surface area contributed by atoms with Gasteiger partial charge in [-0.25, -0.2) is 0 Å². The molecule has 1 fully saturated rings. The normalized spacial score (nSPS) is 15.0. The highest BCUT2D eigenvalue weighted by Gasteiger charge is 2.19. The van der Waals surface area contributed by atoms with E-state index in [0.717, 1.165) is 41.8 Å². The molecule has 1 aliphatic heterocycles. The molecule has 0 atom stereocenters. The minimum Gasteiger partial charge on any atom is -0.340 e. The lowest BCUT2D eigenvalue weighted by Gasteiger charge is -2.32. The third kappa shape index (κ3) is 4.21. The van der Waals surface area contributed by atoms with E-state index in [1.54, 1.807) is 12.3 Å². The zero-order chi connectivity index (χ0) is 19.5. The van der Waals surface area contributed by atoms with Crippen molar-refractivity contribution in [2.75, 3.05) is 38.5 Å². The van der Waals surface area contributed by atoms with Gasteiger partial charge in [-0.2, -0.15) is 4.37 Å². The smallest absolute Gasteiger partial charge is 0.255 e. The summed E-state index contributed by atoms with van der Waals surface area (Å²) in [6.07, 6.45) is 2.16. The van der Waals surface area contributed by atoms with E-state index < -0.39 is 0 Å². The summed E-state index contributed by atoms with van der Waals surface area (Å²) in [6.45, 7) is 3.41. The van der Waals surface area contributed by atoms with E-state index in [4.69, 9.17) is 0 Å². The second-order valence-electron chi connectivity index (χ2n) is 7.09. The van der Waals surface area contributed by atoms with Gasteiger partial charge in [-0.15, -0.1) is 0 Å². The quantitative estimate of drug-likeness (QED) is 0.739. The SMILES string of the molecule is CN1CCN(C(=O)Cc2ccc(NC(=O)c3ccc4sncc4c3)cc2)CC1. The number of rotatable bonds is 4. The minimum absolute atomic E-state index is 0.155. The van der Waals surface area contributed by atoms with Crippen LogP contribution in [0.5, 0.6) is 0 Å². The van der Waals surface area contributed by atoms with Gasteiger partial charge < -0.3 is 15.1 Å². The summed E-state index contributed by atoms with van der Waals surface area (Å²) in [4.78, 5) is 29.1. The summed E-state index contributed by atoms with van der Waals surface area (Å²) in [5, 5.41) is 3.88. The highest BCUT2D eigenvalue weighted by molar-refractivity contribution is 7.13. The largest absolute Gasteiger partial charge is 0.340 e. The number of fused-ring (bicyclic) bond motifs is 1. The number of hydrogen-bond acceptors (Lipinski definition) is 5. The highest BCUT2D eigenvalue weighted by atomic mass is 32.1. The molecule has 1 aliphatic rings. The minimum atomic E-state index is -0.158. The fraction of sp³-hybridized carbons (Fsp3) is 0.286. The van der Waals surface area contributed by atoms with Crippen molar-refractivity contribution in [3.05, 3.63) is 59.8 Å².